The van der Waals surface area contributed by atoms with Crippen molar-refractivity contribution in [1.29, 1.82) is 0 Å². The highest BCUT2D eigenvalue weighted by molar-refractivity contribution is 7.59. The molecule has 0 unspecified atom stereocenters. The third-order valence-corrected chi connectivity index (χ3v) is 4.74. The van der Waals surface area contributed by atoms with E-state index in [0.29, 0.717) is 24.9 Å². The molecule has 0 aliphatic carbocycles. The molecule has 0 spiro atoms. The molecule has 3 rings (SSSR count). The molecule has 3 atom stereocenters. The van der Waals surface area contributed by atoms with Gasteiger partial charge in [-0.15, -0.1) is 0 Å². The van der Waals surface area contributed by atoms with Gasteiger partial charge >= 0.3 is 0 Å². The van der Waals surface area contributed by atoms with Gasteiger partial charge in [-0.25, -0.2) is 0 Å². The summed E-state index contributed by atoms with van der Waals surface area (Å²) in [6.07, 6.45) is 1.00. The summed E-state index contributed by atoms with van der Waals surface area (Å²) in [5, 5.41) is 2.85. The fraction of sp³-hybridized carbons (Fsp3) is 0.526. The van der Waals surface area contributed by atoms with Crippen molar-refractivity contribution in [1.82, 2.24) is 10.2 Å². The lowest BCUT2D eigenvalue weighted by Crippen LogP contribution is -2.52. The molecule has 6 nitrogen and oxygen atoms in total. The van der Waals surface area contributed by atoms with Gasteiger partial charge in [0.1, 0.15) is 18.7 Å². The molecular weight excluding hydrogens is 384 g/mol. The minimum atomic E-state index is -0.639. The van der Waals surface area contributed by atoms with Gasteiger partial charge in [0, 0.05) is 12.1 Å². The normalized spacial score (nSPS) is 21.9. The monoisotopic (exact) mass is 412 g/mol. The summed E-state index contributed by atoms with van der Waals surface area (Å²) in [6.45, 7) is 4.58. The third kappa shape index (κ3) is 5.27. The number of nitrogens with zero attached hydrogens (tertiary/aromatic N) is 1. The smallest absolute Gasteiger partial charge is 0.251 e. The Morgan fingerprint density at radius 2 is 1.89 bits per heavy atom. The van der Waals surface area contributed by atoms with Crippen LogP contribution in [0.15, 0.2) is 30.3 Å². The number of amides is 2. The molecule has 2 aliphatic heterocycles. The van der Waals surface area contributed by atoms with Crippen molar-refractivity contribution in [2.75, 3.05) is 13.2 Å². The Morgan fingerprint density at radius 3 is 2.52 bits per heavy atom. The van der Waals surface area contributed by atoms with Crippen molar-refractivity contribution in [2.45, 2.75) is 44.9 Å². The maximum Gasteiger partial charge on any atom is 0.251 e. The van der Waals surface area contributed by atoms with E-state index in [9.17, 15) is 14.4 Å². The van der Waals surface area contributed by atoms with Gasteiger partial charge < -0.3 is 15.0 Å². The van der Waals surface area contributed by atoms with Gasteiger partial charge in [0.05, 0.1) is 6.10 Å². The van der Waals surface area contributed by atoms with Crippen LogP contribution < -0.4 is 5.32 Å². The zero-order chi connectivity index (χ0) is 18.0. The molecule has 2 aliphatic rings. The fourth-order valence-electron chi connectivity index (χ4n) is 3.57. The summed E-state index contributed by atoms with van der Waals surface area (Å²) in [7, 11) is 0. The molecule has 0 aromatic heterocycles. The number of ketones is 1. The molecule has 0 bridgehead atoms. The van der Waals surface area contributed by atoms with Crippen LogP contribution in [0, 0.1) is 5.92 Å². The maximum absolute atomic E-state index is 13.0. The topological polar surface area (TPSA) is 75.7 Å². The Morgan fingerprint density at radius 1 is 1.22 bits per heavy atom. The Kier molecular flexibility index (Phi) is 8.84. The molecule has 2 amide bonds. The van der Waals surface area contributed by atoms with E-state index in [1.165, 1.54) is 0 Å². The molecule has 8 heteroatoms. The first kappa shape index (κ1) is 23.5. The van der Waals surface area contributed by atoms with Crippen LogP contribution in [0.5, 0.6) is 0 Å². The van der Waals surface area contributed by atoms with Crippen molar-refractivity contribution in [3.8, 4) is 0 Å². The van der Waals surface area contributed by atoms with Crippen LogP contribution >= 0.6 is 27.0 Å². The number of carbonyl (C=O) groups excluding carboxylic acids is 3. The number of carbonyl (C=O) groups is 3. The molecule has 1 N–H and O–H groups in total. The number of nitrogens with one attached hydrogen (secondary N) is 1. The van der Waals surface area contributed by atoms with E-state index in [-0.39, 0.29) is 63.2 Å². The Labute approximate surface area is 173 Å². The van der Waals surface area contributed by atoms with Gasteiger partial charge in [-0.1, -0.05) is 32.0 Å². The SMILES string of the molecule is CC(C)C[C@H](NC(=O)c1ccccc1)C(=O)N1CC[C@H]2OCC(=O)[C@H]21.S.S. The van der Waals surface area contributed by atoms with Gasteiger partial charge in [-0.2, -0.15) is 27.0 Å². The molecule has 0 saturated carbocycles. The van der Waals surface area contributed by atoms with E-state index in [1.807, 2.05) is 19.9 Å². The highest BCUT2D eigenvalue weighted by Crippen LogP contribution is 2.28. The van der Waals surface area contributed by atoms with Crippen molar-refractivity contribution < 1.29 is 19.1 Å². The summed E-state index contributed by atoms with van der Waals surface area (Å²) in [4.78, 5) is 39.2. The van der Waals surface area contributed by atoms with Crippen LogP contribution in [0.25, 0.3) is 0 Å². The number of fused-ring (bicyclic) bond motifs is 1. The van der Waals surface area contributed by atoms with E-state index in [2.05, 4.69) is 5.32 Å². The lowest BCUT2D eigenvalue weighted by atomic mass is 10.0. The van der Waals surface area contributed by atoms with E-state index < -0.39 is 12.1 Å². The van der Waals surface area contributed by atoms with Crippen LogP contribution in [-0.4, -0.2) is 53.8 Å². The van der Waals surface area contributed by atoms with Crippen molar-refractivity contribution in [3.63, 3.8) is 0 Å². The third-order valence-electron chi connectivity index (χ3n) is 4.74. The number of likely N-dealkylation sites (tertiary alicyclic amines) is 1. The van der Waals surface area contributed by atoms with Crippen LogP contribution in [-0.2, 0) is 14.3 Å². The van der Waals surface area contributed by atoms with Crippen molar-refractivity contribution >= 4 is 44.6 Å². The number of rotatable bonds is 5. The fourth-order valence-corrected chi connectivity index (χ4v) is 3.57. The summed E-state index contributed by atoms with van der Waals surface area (Å²) < 4.78 is 5.45. The van der Waals surface area contributed by atoms with Crippen LogP contribution in [0.4, 0.5) is 0 Å². The number of ether oxygens (including phenoxy) is 1. The predicted molar refractivity (Wildman–Crippen MR) is 113 cm³/mol. The standard InChI is InChI=1S/C19H24N2O4.2H2S/c1-12(2)10-14(20-18(23)13-6-4-3-5-7-13)19(24)21-9-8-16-17(21)15(22)11-25-16;;/h3-7,12,14,16-17H,8-11H2,1-2H3,(H,20,23);2*1H2/t14-,16+,17+;;/m0../s1. The quantitative estimate of drug-likeness (QED) is 0.798. The summed E-state index contributed by atoms with van der Waals surface area (Å²) >= 11 is 0. The summed E-state index contributed by atoms with van der Waals surface area (Å²) in [6, 6.07) is 7.71. The average Bonchev–Trinajstić information content (AvgIpc) is 3.17. The van der Waals surface area contributed by atoms with E-state index in [1.54, 1.807) is 29.2 Å². The van der Waals surface area contributed by atoms with E-state index >= 15 is 0 Å². The molecule has 2 heterocycles. The zero-order valence-electron chi connectivity index (χ0n) is 15.6. The van der Waals surface area contributed by atoms with Gasteiger partial charge in [-0.3, -0.25) is 14.4 Å². The number of hydrogen-bond donors (Lipinski definition) is 1. The van der Waals surface area contributed by atoms with Gasteiger partial charge in [-0.05, 0) is 30.9 Å². The molecule has 1 aromatic rings. The Bertz CT molecular complexity index is 669. The van der Waals surface area contributed by atoms with Crippen LogP contribution in [0.3, 0.4) is 0 Å². The molecule has 1 aromatic carbocycles. The van der Waals surface area contributed by atoms with Crippen LogP contribution in [0.1, 0.15) is 37.0 Å². The largest absolute Gasteiger partial charge is 0.368 e. The molecule has 2 saturated heterocycles. The maximum atomic E-state index is 13.0. The number of hydrogen-bond acceptors (Lipinski definition) is 4. The van der Waals surface area contributed by atoms with Gasteiger partial charge in [0.15, 0.2) is 5.78 Å². The first-order valence-electron chi connectivity index (χ1n) is 8.78. The first-order valence-corrected chi connectivity index (χ1v) is 8.78. The van der Waals surface area contributed by atoms with Gasteiger partial charge in [0.25, 0.3) is 5.91 Å². The lowest BCUT2D eigenvalue weighted by Gasteiger charge is -2.28. The van der Waals surface area contributed by atoms with E-state index in [0.717, 1.165) is 0 Å². The molecule has 27 heavy (non-hydrogen) atoms. The van der Waals surface area contributed by atoms with E-state index in [4.69, 9.17) is 4.74 Å². The zero-order valence-corrected chi connectivity index (χ0v) is 17.6. The average molecular weight is 413 g/mol. The van der Waals surface area contributed by atoms with Crippen molar-refractivity contribution in [3.05, 3.63) is 35.9 Å². The lowest BCUT2D eigenvalue weighted by molar-refractivity contribution is -0.138. The second-order valence-electron chi connectivity index (χ2n) is 7.10. The predicted octanol–water partition coefficient (Wildman–Crippen LogP) is 1.63. The second kappa shape index (κ2) is 10.1. The Balaban J connectivity index is 0.00000182. The van der Waals surface area contributed by atoms with Crippen LogP contribution in [0.2, 0.25) is 0 Å². The summed E-state index contributed by atoms with van der Waals surface area (Å²) in [5.74, 6) is -0.277. The van der Waals surface area contributed by atoms with Gasteiger partial charge in [0.2, 0.25) is 5.91 Å². The molecule has 2 fully saturated rings. The highest BCUT2D eigenvalue weighted by Gasteiger charge is 2.48. The minimum Gasteiger partial charge on any atom is -0.368 e. The number of benzene rings is 1. The number of Topliss-reactive ketones (excluding diaryl/α,β-unsaturated/α-hetero) is 1. The molecular formula is C19H28N2O4S2. The Hall–Kier alpha value is -1.51. The minimum absolute atomic E-state index is 0. The molecule has 150 valence electrons. The summed E-state index contributed by atoms with van der Waals surface area (Å²) in [5.41, 5.74) is 0.517. The highest BCUT2D eigenvalue weighted by atomic mass is 32.1. The first-order chi connectivity index (χ1) is 12.0. The second-order valence-corrected chi connectivity index (χ2v) is 7.10. The molecule has 0 radical (unpaired) electrons. The van der Waals surface area contributed by atoms with Crippen molar-refractivity contribution in [2.24, 2.45) is 5.92 Å².